The Morgan fingerprint density at radius 2 is 1.85 bits per heavy atom. The molecule has 1 fully saturated rings. The molecule has 0 bridgehead atoms. The van der Waals surface area contributed by atoms with Crippen molar-refractivity contribution < 1.29 is 23.9 Å². The van der Waals surface area contributed by atoms with Crippen LogP contribution in [0.5, 0.6) is 0 Å². The van der Waals surface area contributed by atoms with Crippen molar-refractivity contribution in [2.24, 2.45) is 0 Å². The number of carboxylic acid groups (broad SMARTS) is 1. The number of amides is 2. The molecule has 0 radical (unpaired) electrons. The number of benzene rings is 1. The molecule has 0 aliphatic carbocycles. The summed E-state index contributed by atoms with van der Waals surface area (Å²) in [7, 11) is 0. The first-order chi connectivity index (χ1) is 13.0. The molecule has 0 unspecified atom stereocenters. The molecular weight excluding hydrogens is 368 g/mol. The van der Waals surface area contributed by atoms with E-state index in [-0.39, 0.29) is 24.1 Å². The number of hydrogen-bond donors (Lipinski definition) is 2. The Labute approximate surface area is 160 Å². The number of thioether (sulfide) groups is 1. The molecule has 1 aromatic heterocycles. The first-order valence-electron chi connectivity index (χ1n) is 8.64. The maximum Gasteiger partial charge on any atom is 0.371 e. The van der Waals surface area contributed by atoms with Crippen LogP contribution in [-0.4, -0.2) is 46.6 Å². The zero-order valence-corrected chi connectivity index (χ0v) is 15.5. The maximum atomic E-state index is 12.5. The van der Waals surface area contributed by atoms with Crippen LogP contribution in [0.3, 0.4) is 0 Å². The number of carbonyl (C=O) groups is 3. The molecule has 3 rings (SSSR count). The van der Waals surface area contributed by atoms with Gasteiger partial charge >= 0.3 is 5.97 Å². The largest absolute Gasteiger partial charge is 0.475 e. The van der Waals surface area contributed by atoms with Crippen LogP contribution < -0.4 is 5.32 Å². The molecule has 1 saturated heterocycles. The van der Waals surface area contributed by atoms with Crippen LogP contribution in [0.2, 0.25) is 0 Å². The number of carboxylic acids is 1. The summed E-state index contributed by atoms with van der Waals surface area (Å²) in [6.07, 6.45) is 2.09. The topological polar surface area (TPSA) is 99.8 Å². The van der Waals surface area contributed by atoms with E-state index in [4.69, 9.17) is 9.52 Å². The highest BCUT2D eigenvalue weighted by Crippen LogP contribution is 2.24. The third-order valence-electron chi connectivity index (χ3n) is 4.24. The van der Waals surface area contributed by atoms with Gasteiger partial charge in [0, 0.05) is 18.0 Å². The van der Waals surface area contributed by atoms with Crippen LogP contribution in [-0.2, 0) is 11.3 Å². The first-order valence-corrected chi connectivity index (χ1v) is 9.63. The molecule has 0 atom stereocenters. The van der Waals surface area contributed by atoms with Gasteiger partial charge in [-0.3, -0.25) is 9.59 Å². The fourth-order valence-electron chi connectivity index (χ4n) is 2.83. The van der Waals surface area contributed by atoms with E-state index in [0.717, 1.165) is 30.8 Å². The van der Waals surface area contributed by atoms with E-state index in [1.165, 1.54) is 23.9 Å². The van der Waals surface area contributed by atoms with Gasteiger partial charge in [0.1, 0.15) is 5.76 Å². The molecule has 0 spiro atoms. The molecule has 142 valence electrons. The minimum absolute atomic E-state index is 0.0812. The SMILES string of the molecule is O=C(O)c1ccc(CNC(=O)c2ccccc2SCC(=O)N2CCCC2)o1. The summed E-state index contributed by atoms with van der Waals surface area (Å²) in [5, 5.41) is 11.6. The van der Waals surface area contributed by atoms with E-state index in [1.54, 1.807) is 12.1 Å². The number of aromatic carboxylic acids is 1. The molecule has 7 nitrogen and oxygen atoms in total. The predicted octanol–water partition coefficient (Wildman–Crippen LogP) is 2.62. The Hall–Kier alpha value is -2.74. The molecule has 1 aromatic carbocycles. The van der Waals surface area contributed by atoms with Gasteiger partial charge < -0.3 is 19.7 Å². The molecule has 27 heavy (non-hydrogen) atoms. The molecule has 2 heterocycles. The van der Waals surface area contributed by atoms with Gasteiger partial charge in [-0.25, -0.2) is 4.79 Å². The smallest absolute Gasteiger partial charge is 0.371 e. The van der Waals surface area contributed by atoms with E-state index >= 15 is 0 Å². The zero-order valence-electron chi connectivity index (χ0n) is 14.6. The van der Waals surface area contributed by atoms with Gasteiger partial charge in [0.15, 0.2) is 0 Å². The third kappa shape index (κ3) is 4.91. The number of rotatable bonds is 7. The van der Waals surface area contributed by atoms with E-state index in [0.29, 0.717) is 17.1 Å². The molecule has 1 aliphatic rings. The fourth-order valence-corrected chi connectivity index (χ4v) is 3.78. The van der Waals surface area contributed by atoms with E-state index in [9.17, 15) is 14.4 Å². The summed E-state index contributed by atoms with van der Waals surface area (Å²) >= 11 is 1.35. The van der Waals surface area contributed by atoms with Gasteiger partial charge in [0.05, 0.1) is 17.9 Å². The molecule has 2 aromatic rings. The van der Waals surface area contributed by atoms with Gasteiger partial charge in [0.2, 0.25) is 11.7 Å². The number of nitrogens with zero attached hydrogens (tertiary/aromatic N) is 1. The van der Waals surface area contributed by atoms with Crippen molar-refractivity contribution in [1.82, 2.24) is 10.2 Å². The number of hydrogen-bond acceptors (Lipinski definition) is 5. The first kappa shape index (κ1) is 19.0. The maximum absolute atomic E-state index is 12.5. The molecule has 2 N–H and O–H groups in total. The minimum Gasteiger partial charge on any atom is -0.475 e. The van der Waals surface area contributed by atoms with Crippen molar-refractivity contribution in [3.05, 3.63) is 53.5 Å². The number of nitrogens with one attached hydrogen (secondary N) is 1. The van der Waals surface area contributed by atoms with Crippen molar-refractivity contribution in [3.63, 3.8) is 0 Å². The van der Waals surface area contributed by atoms with Crippen molar-refractivity contribution in [3.8, 4) is 0 Å². The standard InChI is InChI=1S/C19H20N2O5S/c22-17(21-9-3-4-10-21)12-27-16-6-2-1-5-14(16)18(23)20-11-13-7-8-15(26-13)19(24)25/h1-2,5-8H,3-4,9-12H2,(H,20,23)(H,24,25). The summed E-state index contributed by atoms with van der Waals surface area (Å²) in [6, 6.07) is 9.95. The van der Waals surface area contributed by atoms with Gasteiger partial charge in [-0.2, -0.15) is 0 Å². The Bertz CT molecular complexity index is 842. The quantitative estimate of drug-likeness (QED) is 0.708. The van der Waals surface area contributed by atoms with Crippen LogP contribution in [0, 0.1) is 0 Å². The second-order valence-corrected chi connectivity index (χ2v) is 7.14. The number of likely N-dealkylation sites (tertiary alicyclic amines) is 1. The van der Waals surface area contributed by atoms with Crippen molar-refractivity contribution >= 4 is 29.5 Å². The summed E-state index contributed by atoms with van der Waals surface area (Å²) in [5.74, 6) is -0.892. The molecule has 8 heteroatoms. The van der Waals surface area contributed by atoms with E-state index in [1.807, 2.05) is 17.0 Å². The number of carbonyl (C=O) groups excluding carboxylic acids is 2. The summed E-state index contributed by atoms with van der Waals surface area (Å²) in [6.45, 7) is 1.70. The lowest BCUT2D eigenvalue weighted by Gasteiger charge is -2.15. The van der Waals surface area contributed by atoms with Crippen LogP contribution in [0.25, 0.3) is 0 Å². The minimum atomic E-state index is -1.16. The monoisotopic (exact) mass is 388 g/mol. The molecular formula is C19H20N2O5S. The van der Waals surface area contributed by atoms with Crippen LogP contribution in [0.4, 0.5) is 0 Å². The van der Waals surface area contributed by atoms with E-state index in [2.05, 4.69) is 5.32 Å². The average molecular weight is 388 g/mol. The van der Waals surface area contributed by atoms with Gasteiger partial charge in [-0.05, 0) is 37.1 Å². The van der Waals surface area contributed by atoms with Gasteiger partial charge in [0.25, 0.3) is 5.91 Å². The second-order valence-electron chi connectivity index (χ2n) is 6.13. The Kier molecular flexibility index (Phi) is 6.18. The highest BCUT2D eigenvalue weighted by Gasteiger charge is 2.19. The number of furan rings is 1. The van der Waals surface area contributed by atoms with E-state index < -0.39 is 5.97 Å². The Balaban J connectivity index is 1.59. The van der Waals surface area contributed by atoms with Crippen molar-refractivity contribution in [2.45, 2.75) is 24.3 Å². The Morgan fingerprint density at radius 1 is 1.11 bits per heavy atom. The third-order valence-corrected chi connectivity index (χ3v) is 5.30. The normalized spacial score (nSPS) is 13.6. The van der Waals surface area contributed by atoms with Crippen LogP contribution in [0.1, 0.15) is 39.5 Å². The van der Waals surface area contributed by atoms with Gasteiger partial charge in [-0.15, -0.1) is 11.8 Å². The lowest BCUT2D eigenvalue weighted by Crippen LogP contribution is -2.29. The lowest BCUT2D eigenvalue weighted by molar-refractivity contribution is -0.127. The Morgan fingerprint density at radius 3 is 2.56 bits per heavy atom. The lowest BCUT2D eigenvalue weighted by atomic mass is 10.2. The summed E-state index contributed by atoms with van der Waals surface area (Å²) in [4.78, 5) is 38.1. The van der Waals surface area contributed by atoms with Crippen LogP contribution >= 0.6 is 11.8 Å². The molecule has 0 saturated carbocycles. The summed E-state index contributed by atoms with van der Waals surface area (Å²) in [5.41, 5.74) is 0.474. The van der Waals surface area contributed by atoms with Crippen molar-refractivity contribution in [2.75, 3.05) is 18.8 Å². The second kappa shape index (κ2) is 8.77. The molecule has 1 aliphatic heterocycles. The fraction of sp³-hybridized carbons (Fsp3) is 0.316. The summed E-state index contributed by atoms with van der Waals surface area (Å²) < 4.78 is 5.13. The highest BCUT2D eigenvalue weighted by molar-refractivity contribution is 8.00. The highest BCUT2D eigenvalue weighted by atomic mass is 32.2. The zero-order chi connectivity index (χ0) is 19.2. The van der Waals surface area contributed by atoms with Crippen LogP contribution in [0.15, 0.2) is 45.7 Å². The van der Waals surface area contributed by atoms with Gasteiger partial charge in [-0.1, -0.05) is 12.1 Å². The van der Waals surface area contributed by atoms with Crippen molar-refractivity contribution in [1.29, 1.82) is 0 Å². The predicted molar refractivity (Wildman–Crippen MR) is 99.8 cm³/mol. The average Bonchev–Trinajstić information content (AvgIpc) is 3.36. The molecule has 2 amide bonds.